The Morgan fingerprint density at radius 1 is 1.47 bits per heavy atom. The maximum Gasteiger partial charge on any atom is 0.0522 e. The lowest BCUT2D eigenvalue weighted by Gasteiger charge is -2.27. The predicted octanol–water partition coefficient (Wildman–Crippen LogP) is 2.26. The van der Waals surface area contributed by atoms with Crippen LogP contribution in [0.25, 0.3) is 0 Å². The summed E-state index contributed by atoms with van der Waals surface area (Å²) in [5, 5.41) is 4.18. The Bertz CT molecular complexity index is 293. The van der Waals surface area contributed by atoms with Crippen LogP contribution >= 0.6 is 0 Å². The number of nitrogens with two attached hydrogens (primary N) is 1. The molecule has 0 aliphatic rings. The quantitative estimate of drug-likeness (QED) is 0.781. The Morgan fingerprint density at radius 3 is 2.67 bits per heavy atom. The van der Waals surface area contributed by atoms with Crippen LogP contribution in [0.3, 0.4) is 0 Å². The van der Waals surface area contributed by atoms with Gasteiger partial charge in [-0.15, -0.1) is 0 Å². The largest absolute Gasteiger partial charge is 0.325 e. The number of unbranched alkanes of at least 4 members (excludes halogenated alkanes) is 1. The normalized spacial score (nSPS) is 15.2. The number of hydrogen-bond donors (Lipinski definition) is 1. The average molecular weight is 209 g/mol. The molecule has 3 nitrogen and oxygen atoms in total. The van der Waals surface area contributed by atoms with Gasteiger partial charge in [-0.25, -0.2) is 0 Å². The van der Waals surface area contributed by atoms with Gasteiger partial charge in [0.05, 0.1) is 6.20 Å². The van der Waals surface area contributed by atoms with Crippen molar-refractivity contribution in [3.63, 3.8) is 0 Å². The van der Waals surface area contributed by atoms with E-state index in [1.807, 2.05) is 17.9 Å². The first kappa shape index (κ1) is 12.2. The summed E-state index contributed by atoms with van der Waals surface area (Å²) in [5.74, 6) is 0. The second-order valence-electron chi connectivity index (χ2n) is 4.52. The molecule has 2 N–H and O–H groups in total. The van der Waals surface area contributed by atoms with Crippen LogP contribution in [-0.4, -0.2) is 15.3 Å². The standard InChI is InChI=1S/C12H23N3/c1-4-6-7-12(13,5-2)8-11-9-14-15(3)10-11/h9-10H,4-8,13H2,1-3H3. The minimum Gasteiger partial charge on any atom is -0.325 e. The van der Waals surface area contributed by atoms with Crippen molar-refractivity contribution >= 4 is 0 Å². The molecule has 0 amide bonds. The molecule has 86 valence electrons. The van der Waals surface area contributed by atoms with E-state index in [-0.39, 0.29) is 5.54 Å². The Balaban J connectivity index is 2.59. The average Bonchev–Trinajstić information content (AvgIpc) is 2.61. The number of nitrogens with zero attached hydrogens (tertiary/aromatic N) is 2. The summed E-state index contributed by atoms with van der Waals surface area (Å²) in [7, 11) is 1.94. The molecular formula is C12H23N3. The highest BCUT2D eigenvalue weighted by Gasteiger charge is 2.22. The van der Waals surface area contributed by atoms with Crippen LogP contribution in [0.15, 0.2) is 12.4 Å². The lowest BCUT2D eigenvalue weighted by molar-refractivity contribution is 0.365. The summed E-state index contributed by atoms with van der Waals surface area (Å²) in [6, 6.07) is 0. The van der Waals surface area contributed by atoms with Gasteiger partial charge in [-0.05, 0) is 24.8 Å². The van der Waals surface area contributed by atoms with Crippen LogP contribution in [0.1, 0.15) is 45.1 Å². The first-order valence-corrected chi connectivity index (χ1v) is 5.86. The maximum atomic E-state index is 6.39. The molecule has 1 aromatic rings. The lowest BCUT2D eigenvalue weighted by Crippen LogP contribution is -2.41. The second-order valence-corrected chi connectivity index (χ2v) is 4.52. The molecule has 0 aliphatic heterocycles. The molecule has 1 rings (SSSR count). The third kappa shape index (κ3) is 3.67. The van der Waals surface area contributed by atoms with Crippen molar-refractivity contribution in [3.05, 3.63) is 18.0 Å². The smallest absolute Gasteiger partial charge is 0.0522 e. The summed E-state index contributed by atoms with van der Waals surface area (Å²) in [6.07, 6.45) is 9.48. The van der Waals surface area contributed by atoms with Crippen molar-refractivity contribution in [3.8, 4) is 0 Å². The molecule has 0 spiro atoms. The molecule has 1 unspecified atom stereocenters. The van der Waals surface area contributed by atoms with Gasteiger partial charge in [0.1, 0.15) is 0 Å². The summed E-state index contributed by atoms with van der Waals surface area (Å²) in [4.78, 5) is 0. The van der Waals surface area contributed by atoms with Crippen LogP contribution in [0, 0.1) is 0 Å². The van der Waals surface area contributed by atoms with E-state index in [1.165, 1.54) is 18.4 Å². The van der Waals surface area contributed by atoms with Crippen molar-refractivity contribution in [1.29, 1.82) is 0 Å². The van der Waals surface area contributed by atoms with Gasteiger partial charge in [0, 0.05) is 18.8 Å². The van der Waals surface area contributed by atoms with Crippen molar-refractivity contribution < 1.29 is 0 Å². The molecule has 1 atom stereocenters. The molecule has 0 bridgehead atoms. The molecule has 0 radical (unpaired) electrons. The summed E-state index contributed by atoms with van der Waals surface area (Å²) in [5.41, 5.74) is 7.59. The van der Waals surface area contributed by atoms with E-state index in [1.54, 1.807) is 0 Å². The minimum absolute atomic E-state index is 0.0426. The second kappa shape index (κ2) is 5.31. The first-order valence-electron chi connectivity index (χ1n) is 5.86. The van der Waals surface area contributed by atoms with Gasteiger partial charge in [0.2, 0.25) is 0 Å². The zero-order valence-electron chi connectivity index (χ0n) is 10.2. The van der Waals surface area contributed by atoms with Gasteiger partial charge in [0.15, 0.2) is 0 Å². The van der Waals surface area contributed by atoms with Gasteiger partial charge in [-0.3, -0.25) is 4.68 Å². The van der Waals surface area contributed by atoms with Crippen LogP contribution in [-0.2, 0) is 13.5 Å². The molecule has 0 saturated heterocycles. The minimum atomic E-state index is -0.0426. The third-order valence-corrected chi connectivity index (χ3v) is 3.05. The fourth-order valence-electron chi connectivity index (χ4n) is 1.89. The van der Waals surface area contributed by atoms with E-state index < -0.39 is 0 Å². The Kier molecular flexibility index (Phi) is 4.33. The SMILES string of the molecule is CCCCC(N)(CC)Cc1cnn(C)c1. The molecule has 1 heterocycles. The van der Waals surface area contributed by atoms with Gasteiger partial charge >= 0.3 is 0 Å². The van der Waals surface area contributed by atoms with Gasteiger partial charge in [0.25, 0.3) is 0 Å². The lowest BCUT2D eigenvalue weighted by atomic mass is 9.85. The van der Waals surface area contributed by atoms with Crippen molar-refractivity contribution in [1.82, 2.24) is 9.78 Å². The molecule has 3 heteroatoms. The molecule has 0 aliphatic carbocycles. The third-order valence-electron chi connectivity index (χ3n) is 3.05. The molecular weight excluding hydrogens is 186 g/mol. The van der Waals surface area contributed by atoms with E-state index in [2.05, 4.69) is 25.1 Å². The molecule has 0 aromatic carbocycles. The fourth-order valence-corrected chi connectivity index (χ4v) is 1.89. The highest BCUT2D eigenvalue weighted by atomic mass is 15.2. The van der Waals surface area contributed by atoms with E-state index >= 15 is 0 Å². The predicted molar refractivity (Wildman–Crippen MR) is 63.6 cm³/mol. The van der Waals surface area contributed by atoms with Crippen molar-refractivity contribution in [2.24, 2.45) is 12.8 Å². The van der Waals surface area contributed by atoms with Crippen LogP contribution in [0.5, 0.6) is 0 Å². The Hall–Kier alpha value is -0.830. The molecule has 0 saturated carbocycles. The number of hydrogen-bond acceptors (Lipinski definition) is 2. The molecule has 15 heavy (non-hydrogen) atoms. The van der Waals surface area contributed by atoms with Crippen molar-refractivity contribution in [2.45, 2.75) is 51.5 Å². The first-order chi connectivity index (χ1) is 7.09. The van der Waals surface area contributed by atoms with Gasteiger partial charge < -0.3 is 5.73 Å². The summed E-state index contributed by atoms with van der Waals surface area (Å²) in [6.45, 7) is 4.38. The number of rotatable bonds is 6. The van der Waals surface area contributed by atoms with Crippen LogP contribution in [0.2, 0.25) is 0 Å². The van der Waals surface area contributed by atoms with Crippen LogP contribution < -0.4 is 5.73 Å². The number of aryl methyl sites for hydroxylation is 1. The fraction of sp³-hybridized carbons (Fsp3) is 0.750. The maximum absolute atomic E-state index is 6.39. The summed E-state index contributed by atoms with van der Waals surface area (Å²) < 4.78 is 1.84. The zero-order valence-corrected chi connectivity index (χ0v) is 10.2. The monoisotopic (exact) mass is 209 g/mol. The highest BCUT2D eigenvalue weighted by molar-refractivity contribution is 5.09. The molecule has 0 fully saturated rings. The van der Waals surface area contributed by atoms with E-state index in [0.717, 1.165) is 19.3 Å². The van der Waals surface area contributed by atoms with Gasteiger partial charge in [-0.2, -0.15) is 5.10 Å². The molecule has 1 aromatic heterocycles. The van der Waals surface area contributed by atoms with Crippen molar-refractivity contribution in [2.75, 3.05) is 0 Å². The topological polar surface area (TPSA) is 43.8 Å². The Morgan fingerprint density at radius 2 is 2.20 bits per heavy atom. The summed E-state index contributed by atoms with van der Waals surface area (Å²) >= 11 is 0. The highest BCUT2D eigenvalue weighted by Crippen LogP contribution is 2.20. The Labute approximate surface area is 92.7 Å². The van der Waals surface area contributed by atoms with Gasteiger partial charge in [-0.1, -0.05) is 26.7 Å². The van der Waals surface area contributed by atoms with E-state index in [4.69, 9.17) is 5.73 Å². The number of aromatic nitrogens is 2. The van der Waals surface area contributed by atoms with E-state index in [0.29, 0.717) is 0 Å². The zero-order chi connectivity index (χ0) is 11.3. The van der Waals surface area contributed by atoms with E-state index in [9.17, 15) is 0 Å². The van der Waals surface area contributed by atoms with Crippen LogP contribution in [0.4, 0.5) is 0 Å².